The van der Waals surface area contributed by atoms with Gasteiger partial charge in [0.1, 0.15) is 0 Å². The van der Waals surface area contributed by atoms with E-state index in [0.717, 1.165) is 16.7 Å². The Hall–Kier alpha value is -3.07. The lowest BCUT2D eigenvalue weighted by molar-refractivity contribution is 0.0698. The Bertz CT molecular complexity index is 809. The van der Waals surface area contributed by atoms with Gasteiger partial charge in [-0.05, 0) is 34.9 Å². The highest BCUT2D eigenvalue weighted by molar-refractivity contribution is 6.01. The standard InChI is InChI=1S/C19H15NO2/c20-15-11-9-14(10-12-15)18-16(13-5-2-1-3-6-13)7-4-8-17(18)19(21)22/h1-12H,20H2,(H,21,22). The maximum atomic E-state index is 11.6. The van der Waals surface area contributed by atoms with E-state index in [1.807, 2.05) is 48.5 Å². The third-order valence-corrected chi connectivity index (χ3v) is 3.58. The molecule has 108 valence electrons. The molecule has 0 saturated heterocycles. The van der Waals surface area contributed by atoms with Crippen LogP contribution in [0, 0.1) is 0 Å². The van der Waals surface area contributed by atoms with E-state index in [1.54, 1.807) is 24.3 Å². The number of aromatic carboxylic acids is 1. The zero-order chi connectivity index (χ0) is 15.5. The maximum absolute atomic E-state index is 11.6. The highest BCUT2D eigenvalue weighted by atomic mass is 16.4. The van der Waals surface area contributed by atoms with Crippen molar-refractivity contribution in [3.05, 3.63) is 78.4 Å². The first kappa shape index (κ1) is 13.9. The summed E-state index contributed by atoms with van der Waals surface area (Å²) in [5.74, 6) is -0.940. The van der Waals surface area contributed by atoms with E-state index in [0.29, 0.717) is 11.3 Å². The molecule has 0 aliphatic carbocycles. The molecule has 0 aliphatic rings. The molecule has 3 N–H and O–H groups in total. The van der Waals surface area contributed by atoms with Gasteiger partial charge >= 0.3 is 5.97 Å². The van der Waals surface area contributed by atoms with Gasteiger partial charge in [-0.2, -0.15) is 0 Å². The molecule has 0 atom stereocenters. The molecule has 0 fully saturated rings. The number of hydrogen-bond acceptors (Lipinski definition) is 2. The normalized spacial score (nSPS) is 10.4. The summed E-state index contributed by atoms with van der Waals surface area (Å²) in [4.78, 5) is 11.6. The molecule has 0 spiro atoms. The quantitative estimate of drug-likeness (QED) is 0.706. The molecule has 3 heteroatoms. The summed E-state index contributed by atoms with van der Waals surface area (Å²) >= 11 is 0. The van der Waals surface area contributed by atoms with E-state index in [9.17, 15) is 9.90 Å². The summed E-state index contributed by atoms with van der Waals surface area (Å²) in [5, 5.41) is 9.53. The Morgan fingerprint density at radius 3 is 2.09 bits per heavy atom. The molecule has 3 aromatic carbocycles. The zero-order valence-corrected chi connectivity index (χ0v) is 11.9. The summed E-state index contributed by atoms with van der Waals surface area (Å²) in [6.45, 7) is 0. The van der Waals surface area contributed by atoms with Gasteiger partial charge in [0.15, 0.2) is 0 Å². The van der Waals surface area contributed by atoms with Crippen molar-refractivity contribution in [2.45, 2.75) is 0 Å². The Labute approximate surface area is 128 Å². The molecule has 22 heavy (non-hydrogen) atoms. The number of anilines is 1. The number of rotatable bonds is 3. The number of carboxylic acid groups (broad SMARTS) is 1. The summed E-state index contributed by atoms with van der Waals surface area (Å²) in [7, 11) is 0. The zero-order valence-electron chi connectivity index (χ0n) is 11.9. The summed E-state index contributed by atoms with van der Waals surface area (Å²) in [6.07, 6.45) is 0. The molecule has 0 heterocycles. The molecule has 0 aromatic heterocycles. The SMILES string of the molecule is Nc1ccc(-c2c(C(=O)O)cccc2-c2ccccc2)cc1. The van der Waals surface area contributed by atoms with Crippen molar-refractivity contribution in [1.82, 2.24) is 0 Å². The van der Waals surface area contributed by atoms with Crippen molar-refractivity contribution < 1.29 is 9.90 Å². The molecule has 3 nitrogen and oxygen atoms in total. The molecule has 0 amide bonds. The van der Waals surface area contributed by atoms with Crippen LogP contribution in [0.1, 0.15) is 10.4 Å². The Morgan fingerprint density at radius 2 is 1.45 bits per heavy atom. The smallest absolute Gasteiger partial charge is 0.336 e. The molecule has 0 aliphatic heterocycles. The highest BCUT2D eigenvalue weighted by Gasteiger charge is 2.16. The van der Waals surface area contributed by atoms with Crippen LogP contribution in [0.5, 0.6) is 0 Å². The van der Waals surface area contributed by atoms with E-state index >= 15 is 0 Å². The first-order valence-electron chi connectivity index (χ1n) is 6.94. The molecular formula is C19H15NO2. The van der Waals surface area contributed by atoms with E-state index in [-0.39, 0.29) is 5.56 Å². The van der Waals surface area contributed by atoms with Crippen molar-refractivity contribution in [1.29, 1.82) is 0 Å². The second kappa shape index (κ2) is 5.74. The van der Waals surface area contributed by atoms with Crippen LogP contribution >= 0.6 is 0 Å². The fourth-order valence-corrected chi connectivity index (χ4v) is 2.55. The van der Waals surface area contributed by atoms with Crippen molar-refractivity contribution in [2.24, 2.45) is 0 Å². The fraction of sp³-hybridized carbons (Fsp3) is 0. The van der Waals surface area contributed by atoms with Crippen LogP contribution in [0.3, 0.4) is 0 Å². The van der Waals surface area contributed by atoms with Gasteiger partial charge in [-0.3, -0.25) is 0 Å². The van der Waals surface area contributed by atoms with Gasteiger partial charge in [0.05, 0.1) is 5.56 Å². The van der Waals surface area contributed by atoms with Crippen molar-refractivity contribution >= 4 is 11.7 Å². The van der Waals surface area contributed by atoms with E-state index in [2.05, 4.69) is 0 Å². The van der Waals surface area contributed by atoms with E-state index in [1.165, 1.54) is 0 Å². The third-order valence-electron chi connectivity index (χ3n) is 3.58. The Balaban J connectivity index is 2.29. The number of nitrogen functional groups attached to an aromatic ring is 1. The van der Waals surface area contributed by atoms with Gasteiger partial charge in [0.25, 0.3) is 0 Å². The van der Waals surface area contributed by atoms with Crippen LogP contribution < -0.4 is 5.73 Å². The Morgan fingerprint density at radius 1 is 0.773 bits per heavy atom. The maximum Gasteiger partial charge on any atom is 0.336 e. The molecule has 0 unspecified atom stereocenters. The monoisotopic (exact) mass is 289 g/mol. The van der Waals surface area contributed by atoms with Gasteiger partial charge in [0, 0.05) is 11.3 Å². The molecule has 0 saturated carbocycles. The first-order valence-corrected chi connectivity index (χ1v) is 6.94. The minimum atomic E-state index is -0.940. The van der Waals surface area contributed by atoms with Crippen molar-refractivity contribution in [3.8, 4) is 22.3 Å². The minimum absolute atomic E-state index is 0.283. The van der Waals surface area contributed by atoms with Crippen LogP contribution in [-0.4, -0.2) is 11.1 Å². The van der Waals surface area contributed by atoms with Crippen LogP contribution in [-0.2, 0) is 0 Å². The van der Waals surface area contributed by atoms with Crippen LogP contribution in [0.2, 0.25) is 0 Å². The second-order valence-electron chi connectivity index (χ2n) is 5.02. The van der Waals surface area contributed by atoms with Gasteiger partial charge in [-0.1, -0.05) is 54.6 Å². The lowest BCUT2D eigenvalue weighted by Crippen LogP contribution is -2.01. The molecular weight excluding hydrogens is 274 g/mol. The summed E-state index contributed by atoms with van der Waals surface area (Å²) in [5.41, 5.74) is 10.1. The number of carboxylic acids is 1. The number of nitrogens with two attached hydrogens (primary N) is 1. The highest BCUT2D eigenvalue weighted by Crippen LogP contribution is 2.35. The van der Waals surface area contributed by atoms with E-state index < -0.39 is 5.97 Å². The fourth-order valence-electron chi connectivity index (χ4n) is 2.55. The van der Waals surface area contributed by atoms with Crippen LogP contribution in [0.25, 0.3) is 22.3 Å². The molecule has 0 bridgehead atoms. The minimum Gasteiger partial charge on any atom is -0.478 e. The number of hydrogen-bond donors (Lipinski definition) is 2. The average Bonchev–Trinajstić information content (AvgIpc) is 2.56. The lowest BCUT2D eigenvalue weighted by atomic mass is 9.90. The van der Waals surface area contributed by atoms with Crippen LogP contribution in [0.15, 0.2) is 72.8 Å². The third kappa shape index (κ3) is 2.56. The molecule has 3 aromatic rings. The summed E-state index contributed by atoms with van der Waals surface area (Å²) in [6, 6.07) is 22.4. The Kier molecular flexibility index (Phi) is 3.62. The largest absolute Gasteiger partial charge is 0.478 e. The molecule has 3 rings (SSSR count). The van der Waals surface area contributed by atoms with Crippen molar-refractivity contribution in [2.75, 3.05) is 5.73 Å². The number of carbonyl (C=O) groups is 1. The van der Waals surface area contributed by atoms with Gasteiger partial charge in [-0.15, -0.1) is 0 Å². The molecule has 0 radical (unpaired) electrons. The lowest BCUT2D eigenvalue weighted by Gasteiger charge is -2.13. The second-order valence-corrected chi connectivity index (χ2v) is 5.02. The number of benzene rings is 3. The predicted molar refractivity (Wildman–Crippen MR) is 88.7 cm³/mol. The topological polar surface area (TPSA) is 63.3 Å². The predicted octanol–water partition coefficient (Wildman–Crippen LogP) is 4.30. The van der Waals surface area contributed by atoms with E-state index in [4.69, 9.17) is 5.73 Å². The summed E-state index contributed by atoms with van der Waals surface area (Å²) < 4.78 is 0. The average molecular weight is 289 g/mol. The first-order chi connectivity index (χ1) is 10.7. The van der Waals surface area contributed by atoms with Gasteiger partial charge in [-0.25, -0.2) is 4.79 Å². The van der Waals surface area contributed by atoms with Crippen LogP contribution in [0.4, 0.5) is 5.69 Å². The van der Waals surface area contributed by atoms with Crippen molar-refractivity contribution in [3.63, 3.8) is 0 Å². The van der Waals surface area contributed by atoms with Gasteiger partial charge in [0.2, 0.25) is 0 Å². The van der Waals surface area contributed by atoms with Gasteiger partial charge < -0.3 is 10.8 Å².